The van der Waals surface area contributed by atoms with Crippen molar-refractivity contribution in [3.05, 3.63) is 24.3 Å². The van der Waals surface area contributed by atoms with Gasteiger partial charge in [-0.05, 0) is 69.7 Å². The Morgan fingerprint density at radius 2 is 1.76 bits per heavy atom. The molecule has 1 heterocycles. The fourth-order valence-electron chi connectivity index (χ4n) is 4.25. The standard InChI is InChI=1S/C21H33N3O/c1-16-8-4-5-9-20(16)22-17(2)21(25)23-18-10-12-19(13-11-18)24-14-6-3-7-15-24/h10-13,16-17,20,22H,3-9,14-15H2,1-2H3,(H,23,25)/p+1/t16-,17+,20-/m1/s1. The predicted molar refractivity (Wildman–Crippen MR) is 104 cm³/mol. The van der Waals surface area contributed by atoms with E-state index in [-0.39, 0.29) is 11.9 Å². The lowest BCUT2D eigenvalue weighted by molar-refractivity contribution is -0.714. The van der Waals surface area contributed by atoms with E-state index in [2.05, 4.69) is 34.6 Å². The first-order chi connectivity index (χ1) is 12.1. The molecule has 2 fully saturated rings. The smallest absolute Gasteiger partial charge is 0.282 e. The number of rotatable bonds is 5. The maximum Gasteiger partial charge on any atom is 0.282 e. The van der Waals surface area contributed by atoms with Crippen LogP contribution in [0, 0.1) is 5.92 Å². The van der Waals surface area contributed by atoms with Crippen molar-refractivity contribution < 1.29 is 10.1 Å². The minimum Gasteiger partial charge on any atom is -0.372 e. The van der Waals surface area contributed by atoms with Crippen molar-refractivity contribution in [1.82, 2.24) is 0 Å². The van der Waals surface area contributed by atoms with Crippen LogP contribution in [0.2, 0.25) is 0 Å². The fourth-order valence-corrected chi connectivity index (χ4v) is 4.25. The van der Waals surface area contributed by atoms with Gasteiger partial charge in [-0.1, -0.05) is 13.3 Å². The van der Waals surface area contributed by atoms with Gasteiger partial charge in [0.05, 0.1) is 6.04 Å². The Morgan fingerprint density at radius 1 is 1.08 bits per heavy atom. The van der Waals surface area contributed by atoms with E-state index in [1.54, 1.807) is 0 Å². The van der Waals surface area contributed by atoms with Crippen molar-refractivity contribution in [3.8, 4) is 0 Å². The molecule has 0 aromatic heterocycles. The second kappa shape index (κ2) is 8.70. The van der Waals surface area contributed by atoms with Crippen LogP contribution in [0.25, 0.3) is 0 Å². The molecule has 25 heavy (non-hydrogen) atoms. The zero-order valence-electron chi connectivity index (χ0n) is 15.8. The molecule has 3 N–H and O–H groups in total. The first kappa shape index (κ1) is 18.2. The highest BCUT2D eigenvalue weighted by atomic mass is 16.2. The van der Waals surface area contributed by atoms with Gasteiger partial charge >= 0.3 is 0 Å². The molecule has 0 bridgehead atoms. The van der Waals surface area contributed by atoms with E-state index in [4.69, 9.17) is 0 Å². The van der Waals surface area contributed by atoms with Crippen molar-refractivity contribution in [3.63, 3.8) is 0 Å². The third-order valence-corrected chi connectivity index (χ3v) is 5.98. The van der Waals surface area contributed by atoms with Crippen LogP contribution in [-0.4, -0.2) is 31.1 Å². The van der Waals surface area contributed by atoms with Crippen LogP contribution in [0.4, 0.5) is 11.4 Å². The summed E-state index contributed by atoms with van der Waals surface area (Å²) in [4.78, 5) is 15.0. The van der Waals surface area contributed by atoms with Gasteiger partial charge in [0.25, 0.3) is 5.91 Å². The zero-order chi connectivity index (χ0) is 17.6. The van der Waals surface area contributed by atoms with Crippen molar-refractivity contribution >= 4 is 17.3 Å². The lowest BCUT2D eigenvalue weighted by atomic mass is 9.85. The highest BCUT2D eigenvalue weighted by molar-refractivity contribution is 5.93. The van der Waals surface area contributed by atoms with Crippen LogP contribution < -0.4 is 15.5 Å². The summed E-state index contributed by atoms with van der Waals surface area (Å²) in [7, 11) is 0. The summed E-state index contributed by atoms with van der Waals surface area (Å²) in [5, 5.41) is 5.37. The monoisotopic (exact) mass is 344 g/mol. The Bertz CT molecular complexity index is 551. The third kappa shape index (κ3) is 4.97. The average Bonchev–Trinajstić information content (AvgIpc) is 2.65. The maximum atomic E-state index is 12.5. The number of hydrogen-bond donors (Lipinski definition) is 2. The average molecular weight is 345 g/mol. The van der Waals surface area contributed by atoms with Gasteiger partial charge in [-0.15, -0.1) is 0 Å². The molecule has 1 amide bonds. The van der Waals surface area contributed by atoms with Crippen LogP contribution in [-0.2, 0) is 4.79 Å². The molecular formula is C21H34N3O+. The highest BCUT2D eigenvalue weighted by Crippen LogP contribution is 2.22. The van der Waals surface area contributed by atoms with E-state index in [1.165, 1.54) is 50.6 Å². The summed E-state index contributed by atoms with van der Waals surface area (Å²) in [6, 6.07) is 8.91. The SMILES string of the molecule is C[C@H]([NH2+][C@@H]1CCCC[C@H]1C)C(=O)Nc1ccc(N2CCCCC2)cc1. The number of nitrogens with zero attached hydrogens (tertiary/aromatic N) is 1. The number of hydrogen-bond acceptors (Lipinski definition) is 2. The molecule has 1 aliphatic carbocycles. The minimum atomic E-state index is -0.0349. The summed E-state index contributed by atoms with van der Waals surface area (Å²) in [6.07, 6.45) is 9.10. The first-order valence-electron chi connectivity index (χ1n) is 10.1. The van der Waals surface area contributed by atoms with Gasteiger partial charge < -0.3 is 15.5 Å². The van der Waals surface area contributed by atoms with E-state index in [0.29, 0.717) is 12.0 Å². The Morgan fingerprint density at radius 3 is 2.44 bits per heavy atom. The van der Waals surface area contributed by atoms with Crippen molar-refractivity contribution in [2.75, 3.05) is 23.3 Å². The van der Waals surface area contributed by atoms with E-state index in [9.17, 15) is 4.79 Å². The third-order valence-electron chi connectivity index (χ3n) is 5.98. The number of nitrogens with two attached hydrogens (primary N) is 1. The lowest BCUT2D eigenvalue weighted by Gasteiger charge is -2.29. The number of nitrogens with one attached hydrogen (secondary N) is 1. The number of quaternary nitrogens is 1. The van der Waals surface area contributed by atoms with Gasteiger partial charge in [0.2, 0.25) is 0 Å². The Balaban J connectivity index is 1.51. The summed E-state index contributed by atoms with van der Waals surface area (Å²) in [5.74, 6) is 0.830. The normalized spacial score (nSPS) is 25.4. The number of carbonyl (C=O) groups excluding carboxylic acids is 1. The van der Waals surface area contributed by atoms with Gasteiger partial charge in [0.1, 0.15) is 0 Å². The van der Waals surface area contributed by atoms with Crippen LogP contribution in [0.5, 0.6) is 0 Å². The van der Waals surface area contributed by atoms with Crippen LogP contribution in [0.15, 0.2) is 24.3 Å². The molecule has 0 radical (unpaired) electrons. The van der Waals surface area contributed by atoms with E-state index in [0.717, 1.165) is 18.8 Å². The molecule has 1 aromatic carbocycles. The molecule has 1 saturated heterocycles. The number of anilines is 2. The molecule has 1 aliphatic heterocycles. The van der Waals surface area contributed by atoms with Crippen molar-refractivity contribution in [2.45, 2.75) is 70.9 Å². The molecule has 2 aliphatic rings. The molecule has 138 valence electrons. The van der Waals surface area contributed by atoms with Gasteiger partial charge in [0.15, 0.2) is 6.04 Å². The minimum absolute atomic E-state index is 0.0349. The largest absolute Gasteiger partial charge is 0.372 e. The first-order valence-corrected chi connectivity index (χ1v) is 10.1. The summed E-state index contributed by atoms with van der Waals surface area (Å²) in [6.45, 7) is 6.65. The van der Waals surface area contributed by atoms with E-state index < -0.39 is 0 Å². The predicted octanol–water partition coefficient (Wildman–Crippen LogP) is 3.15. The number of benzene rings is 1. The number of amides is 1. The quantitative estimate of drug-likeness (QED) is 0.862. The fraction of sp³-hybridized carbons (Fsp3) is 0.667. The molecular weight excluding hydrogens is 310 g/mol. The lowest BCUT2D eigenvalue weighted by Crippen LogP contribution is -2.97. The summed E-state index contributed by atoms with van der Waals surface area (Å²) < 4.78 is 0. The van der Waals surface area contributed by atoms with Crippen molar-refractivity contribution in [2.24, 2.45) is 5.92 Å². The second-order valence-electron chi connectivity index (χ2n) is 7.99. The summed E-state index contributed by atoms with van der Waals surface area (Å²) in [5.41, 5.74) is 2.18. The van der Waals surface area contributed by atoms with Crippen LogP contribution in [0.1, 0.15) is 58.8 Å². The van der Waals surface area contributed by atoms with E-state index >= 15 is 0 Å². The van der Waals surface area contributed by atoms with Crippen LogP contribution >= 0.6 is 0 Å². The van der Waals surface area contributed by atoms with Crippen LogP contribution in [0.3, 0.4) is 0 Å². The molecule has 4 heteroatoms. The van der Waals surface area contributed by atoms with E-state index in [1.807, 2.05) is 19.1 Å². The van der Waals surface area contributed by atoms with Gasteiger partial charge in [-0.2, -0.15) is 0 Å². The topological polar surface area (TPSA) is 49.0 Å². The summed E-state index contributed by atoms with van der Waals surface area (Å²) >= 11 is 0. The maximum absolute atomic E-state index is 12.5. The highest BCUT2D eigenvalue weighted by Gasteiger charge is 2.28. The van der Waals surface area contributed by atoms with Crippen molar-refractivity contribution in [1.29, 1.82) is 0 Å². The van der Waals surface area contributed by atoms with Gasteiger partial charge in [0, 0.05) is 30.4 Å². The number of piperidine rings is 1. The molecule has 0 unspecified atom stereocenters. The Kier molecular flexibility index (Phi) is 6.35. The van der Waals surface area contributed by atoms with Gasteiger partial charge in [-0.25, -0.2) is 0 Å². The van der Waals surface area contributed by atoms with Gasteiger partial charge in [-0.3, -0.25) is 4.79 Å². The molecule has 3 rings (SSSR count). The molecule has 3 atom stereocenters. The Labute approximate surface area is 152 Å². The molecule has 1 aromatic rings. The molecule has 4 nitrogen and oxygen atoms in total. The Hall–Kier alpha value is -1.55. The second-order valence-corrected chi connectivity index (χ2v) is 7.99. The number of carbonyl (C=O) groups is 1. The molecule has 1 saturated carbocycles. The molecule has 0 spiro atoms. The zero-order valence-corrected chi connectivity index (χ0v) is 15.8.